The highest BCUT2D eigenvalue weighted by atomic mass is 32.1. The standard InChI is InChI=1S/C18H22N6OS/c1-11-12(2)26-18-16(11)17(20-10-21-18)19-7-13-4-5-24(9-13)14-6-15(25)23(3)22-8-14/h6,8,10,13H,4-5,7,9H2,1-3H3,(H,19,20,21)/t13-/m1/s1. The van der Waals surface area contributed by atoms with Crippen LogP contribution in [0.3, 0.4) is 0 Å². The average Bonchev–Trinajstić information content (AvgIpc) is 3.21. The van der Waals surface area contributed by atoms with E-state index in [1.807, 2.05) is 0 Å². The Morgan fingerprint density at radius 2 is 2.19 bits per heavy atom. The van der Waals surface area contributed by atoms with Gasteiger partial charge in [0, 0.05) is 37.6 Å². The Bertz CT molecular complexity index is 1010. The van der Waals surface area contributed by atoms with Crippen molar-refractivity contribution in [2.45, 2.75) is 20.3 Å². The second-order valence-electron chi connectivity index (χ2n) is 6.84. The lowest BCUT2D eigenvalue weighted by Crippen LogP contribution is -2.26. The molecule has 0 spiro atoms. The molecule has 1 saturated heterocycles. The molecule has 4 heterocycles. The molecule has 4 rings (SSSR count). The number of nitrogens with zero attached hydrogens (tertiary/aromatic N) is 5. The fraction of sp³-hybridized carbons (Fsp3) is 0.444. The monoisotopic (exact) mass is 370 g/mol. The van der Waals surface area contributed by atoms with E-state index >= 15 is 0 Å². The first-order valence-corrected chi connectivity index (χ1v) is 9.57. The summed E-state index contributed by atoms with van der Waals surface area (Å²) in [4.78, 5) is 25.2. The maximum Gasteiger partial charge on any atom is 0.268 e. The van der Waals surface area contributed by atoms with Crippen molar-refractivity contribution in [3.05, 3.63) is 39.4 Å². The van der Waals surface area contributed by atoms with Crippen molar-refractivity contribution in [2.75, 3.05) is 29.9 Å². The summed E-state index contributed by atoms with van der Waals surface area (Å²) in [6, 6.07) is 1.66. The van der Waals surface area contributed by atoms with Crippen LogP contribution in [-0.4, -0.2) is 39.4 Å². The summed E-state index contributed by atoms with van der Waals surface area (Å²) >= 11 is 1.71. The number of rotatable bonds is 4. The zero-order chi connectivity index (χ0) is 18.3. The number of hydrogen-bond donors (Lipinski definition) is 1. The molecule has 8 heteroatoms. The van der Waals surface area contributed by atoms with Gasteiger partial charge in [-0.25, -0.2) is 14.6 Å². The molecule has 0 aliphatic carbocycles. The Labute approximate surface area is 155 Å². The normalized spacial score (nSPS) is 17.2. The lowest BCUT2D eigenvalue weighted by atomic mass is 10.1. The van der Waals surface area contributed by atoms with Crippen molar-refractivity contribution < 1.29 is 0 Å². The fourth-order valence-corrected chi connectivity index (χ4v) is 4.42. The lowest BCUT2D eigenvalue weighted by molar-refractivity contribution is 0.621. The van der Waals surface area contributed by atoms with Crippen LogP contribution < -0.4 is 15.8 Å². The van der Waals surface area contributed by atoms with Crippen LogP contribution in [-0.2, 0) is 7.05 Å². The number of anilines is 2. The van der Waals surface area contributed by atoms with Crippen LogP contribution in [0.15, 0.2) is 23.4 Å². The quantitative estimate of drug-likeness (QED) is 0.760. The SMILES string of the molecule is Cc1sc2ncnc(NC[C@H]3CCN(c4cnn(C)c(=O)c4)C3)c2c1C. The van der Waals surface area contributed by atoms with Crippen LogP contribution in [0.4, 0.5) is 11.5 Å². The van der Waals surface area contributed by atoms with Crippen LogP contribution >= 0.6 is 11.3 Å². The molecule has 1 fully saturated rings. The van der Waals surface area contributed by atoms with Crippen LogP contribution in [0.25, 0.3) is 10.2 Å². The summed E-state index contributed by atoms with van der Waals surface area (Å²) in [6.07, 6.45) is 4.48. The highest BCUT2D eigenvalue weighted by Crippen LogP contribution is 2.32. The van der Waals surface area contributed by atoms with E-state index in [1.54, 1.807) is 37.0 Å². The first-order valence-electron chi connectivity index (χ1n) is 8.76. The molecule has 0 amide bonds. The van der Waals surface area contributed by atoms with Gasteiger partial charge in [-0.05, 0) is 31.7 Å². The maximum absolute atomic E-state index is 11.8. The zero-order valence-electron chi connectivity index (χ0n) is 15.2. The summed E-state index contributed by atoms with van der Waals surface area (Å²) in [5.41, 5.74) is 2.09. The third-order valence-electron chi connectivity index (χ3n) is 5.13. The fourth-order valence-electron chi connectivity index (χ4n) is 3.42. The minimum Gasteiger partial charge on any atom is -0.370 e. The van der Waals surface area contributed by atoms with E-state index < -0.39 is 0 Å². The molecule has 0 bridgehead atoms. The van der Waals surface area contributed by atoms with Crippen molar-refractivity contribution in [3.63, 3.8) is 0 Å². The van der Waals surface area contributed by atoms with Crippen molar-refractivity contribution in [2.24, 2.45) is 13.0 Å². The minimum absolute atomic E-state index is 0.0734. The van der Waals surface area contributed by atoms with Gasteiger partial charge in [-0.3, -0.25) is 4.79 Å². The van der Waals surface area contributed by atoms with Crippen molar-refractivity contribution in [3.8, 4) is 0 Å². The lowest BCUT2D eigenvalue weighted by Gasteiger charge is -2.18. The van der Waals surface area contributed by atoms with Gasteiger partial charge in [0.1, 0.15) is 17.0 Å². The van der Waals surface area contributed by atoms with E-state index in [0.717, 1.165) is 47.8 Å². The van der Waals surface area contributed by atoms with Crippen molar-refractivity contribution >= 4 is 33.1 Å². The first kappa shape index (κ1) is 17.0. The minimum atomic E-state index is -0.0734. The molecule has 0 unspecified atom stereocenters. The zero-order valence-corrected chi connectivity index (χ0v) is 16.0. The van der Waals surface area contributed by atoms with Crippen LogP contribution in [0.5, 0.6) is 0 Å². The van der Waals surface area contributed by atoms with Crippen molar-refractivity contribution in [1.82, 2.24) is 19.7 Å². The predicted octanol–water partition coefficient (Wildman–Crippen LogP) is 2.34. The third-order valence-corrected chi connectivity index (χ3v) is 6.24. The average molecular weight is 370 g/mol. The molecule has 1 aliphatic rings. The van der Waals surface area contributed by atoms with Gasteiger partial charge < -0.3 is 10.2 Å². The Morgan fingerprint density at radius 3 is 3.00 bits per heavy atom. The number of nitrogens with one attached hydrogen (secondary N) is 1. The molecule has 1 atom stereocenters. The van der Waals surface area contributed by atoms with E-state index in [9.17, 15) is 4.79 Å². The second kappa shape index (κ2) is 6.68. The van der Waals surface area contributed by atoms with Gasteiger partial charge in [-0.15, -0.1) is 11.3 Å². The molecule has 0 aromatic carbocycles. The van der Waals surface area contributed by atoms with Gasteiger partial charge >= 0.3 is 0 Å². The predicted molar refractivity (Wildman–Crippen MR) is 105 cm³/mol. The van der Waals surface area contributed by atoms with Gasteiger partial charge in [0.2, 0.25) is 0 Å². The van der Waals surface area contributed by atoms with E-state index in [-0.39, 0.29) is 5.56 Å². The number of thiophene rings is 1. The van der Waals surface area contributed by atoms with Gasteiger partial charge in [0.25, 0.3) is 5.56 Å². The van der Waals surface area contributed by atoms with Gasteiger partial charge in [-0.2, -0.15) is 5.10 Å². The van der Waals surface area contributed by atoms with E-state index in [4.69, 9.17) is 0 Å². The van der Waals surface area contributed by atoms with Gasteiger partial charge in [0.15, 0.2) is 0 Å². The maximum atomic E-state index is 11.8. The second-order valence-corrected chi connectivity index (χ2v) is 8.05. The molecule has 3 aromatic rings. The molecule has 26 heavy (non-hydrogen) atoms. The van der Waals surface area contributed by atoms with Gasteiger partial charge in [-0.1, -0.05) is 0 Å². The van der Waals surface area contributed by atoms with Crippen molar-refractivity contribution in [1.29, 1.82) is 0 Å². The summed E-state index contributed by atoms with van der Waals surface area (Å²) < 4.78 is 1.35. The molecule has 3 aromatic heterocycles. The number of aromatic nitrogens is 4. The molecule has 0 saturated carbocycles. The number of fused-ring (bicyclic) bond motifs is 1. The Hall–Kier alpha value is -2.48. The number of hydrogen-bond acceptors (Lipinski definition) is 7. The molecular formula is C18H22N6OS. The van der Waals surface area contributed by atoms with Crippen LogP contribution in [0, 0.1) is 19.8 Å². The summed E-state index contributed by atoms with van der Waals surface area (Å²) in [5, 5.41) is 8.78. The summed E-state index contributed by atoms with van der Waals surface area (Å²) in [6.45, 7) is 6.96. The Balaban J connectivity index is 1.45. The molecule has 7 nitrogen and oxygen atoms in total. The molecular weight excluding hydrogens is 348 g/mol. The molecule has 1 aliphatic heterocycles. The number of aryl methyl sites for hydroxylation is 3. The van der Waals surface area contributed by atoms with Crippen LogP contribution in [0.1, 0.15) is 16.9 Å². The Kier molecular flexibility index (Phi) is 4.36. The largest absolute Gasteiger partial charge is 0.370 e. The first-order chi connectivity index (χ1) is 12.5. The highest BCUT2D eigenvalue weighted by molar-refractivity contribution is 7.18. The smallest absolute Gasteiger partial charge is 0.268 e. The van der Waals surface area contributed by atoms with E-state index in [2.05, 4.69) is 39.1 Å². The summed E-state index contributed by atoms with van der Waals surface area (Å²) in [5.74, 6) is 1.43. The molecule has 1 N–H and O–H groups in total. The van der Waals surface area contributed by atoms with Gasteiger partial charge in [0.05, 0.1) is 17.3 Å². The highest BCUT2D eigenvalue weighted by Gasteiger charge is 2.24. The van der Waals surface area contributed by atoms with Crippen LogP contribution in [0.2, 0.25) is 0 Å². The van der Waals surface area contributed by atoms with E-state index in [1.165, 1.54) is 15.1 Å². The topological polar surface area (TPSA) is 75.9 Å². The molecule has 0 radical (unpaired) electrons. The van der Waals surface area contributed by atoms with E-state index in [0.29, 0.717) is 5.92 Å². The summed E-state index contributed by atoms with van der Waals surface area (Å²) in [7, 11) is 1.67. The third kappa shape index (κ3) is 3.05. The Morgan fingerprint density at radius 1 is 1.35 bits per heavy atom. The molecule has 136 valence electrons.